The molecule has 0 spiro atoms. The van der Waals surface area contributed by atoms with Gasteiger partial charge in [-0.25, -0.2) is 10.4 Å². The first kappa shape index (κ1) is 17.7. The van der Waals surface area contributed by atoms with Crippen LogP contribution in [-0.2, 0) is 18.3 Å². The summed E-state index contributed by atoms with van der Waals surface area (Å²) in [4.78, 5) is 31.3. The Bertz CT molecular complexity index is 1250. The van der Waals surface area contributed by atoms with E-state index in [-0.39, 0.29) is 24.3 Å². The number of nitrogens with zero attached hydrogens (tertiary/aromatic N) is 3. The molecule has 0 unspecified atom stereocenters. The number of nitrogens with one attached hydrogen (secondary N) is 2. The molecule has 7 heteroatoms. The van der Waals surface area contributed by atoms with E-state index in [9.17, 15) is 9.59 Å². The van der Waals surface area contributed by atoms with Gasteiger partial charge in [0.15, 0.2) is 0 Å². The monoisotopic (exact) mass is 373 g/mol. The average molecular weight is 373 g/mol. The van der Waals surface area contributed by atoms with E-state index in [0.29, 0.717) is 16.7 Å². The quantitative estimate of drug-likeness (QED) is 0.416. The Morgan fingerprint density at radius 1 is 1.21 bits per heavy atom. The third-order valence-corrected chi connectivity index (χ3v) is 4.58. The highest BCUT2D eigenvalue weighted by Gasteiger charge is 2.08. The minimum atomic E-state index is -0.272. The maximum Gasteiger partial charge on any atom is 0.270 e. The standard InChI is InChI=1S/C21H19N5O2/c1-26-13-14(15-6-2-5-9-19(15)26)12-22-25-20(27)11-10-18-21(28)24-17-8-4-3-7-16(17)23-18/h2-9,12-13H,10-11H2,1H3,(H,24,28)(H,25,27)/b22-12-. The van der Waals surface area contributed by atoms with Crippen molar-refractivity contribution in [3.63, 3.8) is 0 Å². The lowest BCUT2D eigenvalue weighted by molar-refractivity contribution is -0.121. The number of carbonyl (C=O) groups excluding carboxylic acids is 1. The van der Waals surface area contributed by atoms with E-state index in [1.54, 1.807) is 12.3 Å². The van der Waals surface area contributed by atoms with Crippen LogP contribution in [0.4, 0.5) is 0 Å². The number of carbonyl (C=O) groups is 1. The summed E-state index contributed by atoms with van der Waals surface area (Å²) < 4.78 is 2.01. The maximum atomic E-state index is 12.1. The van der Waals surface area contributed by atoms with Gasteiger partial charge in [-0.3, -0.25) is 9.59 Å². The highest BCUT2D eigenvalue weighted by atomic mass is 16.2. The average Bonchev–Trinajstić information content (AvgIpc) is 3.02. The summed E-state index contributed by atoms with van der Waals surface area (Å²) in [6.45, 7) is 0. The third-order valence-electron chi connectivity index (χ3n) is 4.58. The van der Waals surface area contributed by atoms with Gasteiger partial charge < -0.3 is 9.55 Å². The van der Waals surface area contributed by atoms with Crippen LogP contribution in [0.5, 0.6) is 0 Å². The van der Waals surface area contributed by atoms with Crippen molar-refractivity contribution in [2.45, 2.75) is 12.8 Å². The maximum absolute atomic E-state index is 12.1. The Morgan fingerprint density at radius 3 is 2.89 bits per heavy atom. The van der Waals surface area contributed by atoms with Crippen LogP contribution < -0.4 is 11.0 Å². The number of aromatic amines is 1. The molecule has 2 N–H and O–H groups in total. The number of H-pyrrole nitrogens is 1. The number of amides is 1. The van der Waals surface area contributed by atoms with Gasteiger partial charge in [-0.1, -0.05) is 30.3 Å². The van der Waals surface area contributed by atoms with Gasteiger partial charge in [0.25, 0.3) is 5.56 Å². The molecular weight excluding hydrogens is 354 g/mol. The van der Waals surface area contributed by atoms with Gasteiger partial charge in [0, 0.05) is 42.6 Å². The van der Waals surface area contributed by atoms with Gasteiger partial charge >= 0.3 is 0 Å². The molecule has 0 atom stereocenters. The molecular formula is C21H19N5O2. The van der Waals surface area contributed by atoms with Crippen LogP contribution in [0.2, 0.25) is 0 Å². The van der Waals surface area contributed by atoms with Crippen molar-refractivity contribution in [3.8, 4) is 0 Å². The molecule has 2 aromatic carbocycles. The van der Waals surface area contributed by atoms with Gasteiger partial charge in [-0.2, -0.15) is 5.10 Å². The van der Waals surface area contributed by atoms with E-state index in [1.165, 1.54) is 0 Å². The van der Waals surface area contributed by atoms with Crippen molar-refractivity contribution < 1.29 is 4.79 Å². The molecule has 0 aliphatic rings. The number of para-hydroxylation sites is 3. The Hall–Kier alpha value is -3.74. The molecule has 0 saturated carbocycles. The van der Waals surface area contributed by atoms with Gasteiger partial charge in [0.2, 0.25) is 5.91 Å². The molecule has 4 rings (SSSR count). The van der Waals surface area contributed by atoms with Crippen LogP contribution in [0, 0.1) is 0 Å². The lowest BCUT2D eigenvalue weighted by Crippen LogP contribution is -2.21. The molecule has 28 heavy (non-hydrogen) atoms. The van der Waals surface area contributed by atoms with Gasteiger partial charge in [-0.05, 0) is 18.2 Å². The normalized spacial score (nSPS) is 11.5. The zero-order valence-corrected chi connectivity index (χ0v) is 15.3. The lowest BCUT2D eigenvalue weighted by Gasteiger charge is -2.02. The number of benzene rings is 2. The van der Waals surface area contributed by atoms with Crippen molar-refractivity contribution in [1.29, 1.82) is 0 Å². The summed E-state index contributed by atoms with van der Waals surface area (Å²) >= 11 is 0. The predicted octanol–water partition coefficient (Wildman–Crippen LogP) is 2.50. The lowest BCUT2D eigenvalue weighted by atomic mass is 10.2. The topological polar surface area (TPSA) is 92.1 Å². The van der Waals surface area contributed by atoms with E-state index in [2.05, 4.69) is 20.5 Å². The molecule has 2 heterocycles. The molecule has 0 aliphatic carbocycles. The smallest absolute Gasteiger partial charge is 0.270 e. The molecule has 1 amide bonds. The predicted molar refractivity (Wildman–Crippen MR) is 109 cm³/mol. The fraction of sp³-hybridized carbons (Fsp3) is 0.143. The molecule has 4 aromatic rings. The van der Waals surface area contributed by atoms with E-state index in [0.717, 1.165) is 16.5 Å². The van der Waals surface area contributed by atoms with Gasteiger partial charge in [0.05, 0.1) is 17.2 Å². The molecule has 0 saturated heterocycles. The second-order valence-corrected chi connectivity index (χ2v) is 6.54. The number of aryl methyl sites for hydroxylation is 2. The zero-order valence-electron chi connectivity index (χ0n) is 15.3. The fourth-order valence-electron chi connectivity index (χ4n) is 3.17. The van der Waals surface area contributed by atoms with Crippen LogP contribution in [0.25, 0.3) is 21.9 Å². The summed E-state index contributed by atoms with van der Waals surface area (Å²) in [5, 5.41) is 5.11. The number of hydrogen-bond acceptors (Lipinski definition) is 4. The Morgan fingerprint density at radius 2 is 2.00 bits per heavy atom. The van der Waals surface area contributed by atoms with Crippen LogP contribution in [-0.4, -0.2) is 26.7 Å². The third kappa shape index (κ3) is 3.55. The van der Waals surface area contributed by atoms with E-state index in [1.807, 2.05) is 60.3 Å². The SMILES string of the molecule is Cn1cc(/C=N\NC(=O)CCc2nc3ccccc3[nH]c2=O)c2ccccc21. The number of fused-ring (bicyclic) bond motifs is 2. The van der Waals surface area contributed by atoms with E-state index < -0.39 is 0 Å². The minimum Gasteiger partial charge on any atom is -0.350 e. The Kier molecular flexibility index (Phi) is 4.72. The number of hydrazone groups is 1. The Balaban J connectivity index is 1.40. The number of rotatable bonds is 5. The van der Waals surface area contributed by atoms with E-state index >= 15 is 0 Å². The minimum absolute atomic E-state index is 0.126. The number of aromatic nitrogens is 3. The number of hydrogen-bond donors (Lipinski definition) is 2. The van der Waals surface area contributed by atoms with Gasteiger partial charge in [0.1, 0.15) is 5.69 Å². The second-order valence-electron chi connectivity index (χ2n) is 6.54. The molecule has 7 nitrogen and oxygen atoms in total. The first-order chi connectivity index (χ1) is 13.6. The first-order valence-electron chi connectivity index (χ1n) is 8.96. The summed E-state index contributed by atoms with van der Waals surface area (Å²) in [6, 6.07) is 15.3. The zero-order chi connectivity index (χ0) is 19.5. The van der Waals surface area contributed by atoms with Crippen LogP contribution in [0.3, 0.4) is 0 Å². The van der Waals surface area contributed by atoms with Crippen LogP contribution in [0.15, 0.2) is 64.6 Å². The van der Waals surface area contributed by atoms with Crippen molar-refractivity contribution in [2.24, 2.45) is 12.1 Å². The molecule has 140 valence electrons. The van der Waals surface area contributed by atoms with Crippen molar-refractivity contribution >= 4 is 34.1 Å². The second kappa shape index (κ2) is 7.48. The van der Waals surface area contributed by atoms with Crippen LogP contribution in [0.1, 0.15) is 17.7 Å². The van der Waals surface area contributed by atoms with Crippen LogP contribution >= 0.6 is 0 Å². The van der Waals surface area contributed by atoms with Crippen molar-refractivity contribution in [2.75, 3.05) is 0 Å². The summed E-state index contributed by atoms with van der Waals surface area (Å²) in [7, 11) is 1.96. The highest BCUT2D eigenvalue weighted by Crippen LogP contribution is 2.18. The highest BCUT2D eigenvalue weighted by molar-refractivity contribution is 5.99. The summed E-state index contributed by atoms with van der Waals surface area (Å²) in [5.74, 6) is -0.272. The largest absolute Gasteiger partial charge is 0.350 e. The molecule has 0 radical (unpaired) electrons. The summed E-state index contributed by atoms with van der Waals surface area (Å²) in [6.07, 6.45) is 3.96. The molecule has 0 bridgehead atoms. The van der Waals surface area contributed by atoms with Crippen molar-refractivity contribution in [1.82, 2.24) is 20.0 Å². The Labute approximate surface area is 160 Å². The fourth-order valence-corrected chi connectivity index (χ4v) is 3.17. The summed E-state index contributed by atoms with van der Waals surface area (Å²) in [5.41, 5.74) is 5.98. The molecule has 0 aliphatic heterocycles. The first-order valence-corrected chi connectivity index (χ1v) is 8.96. The van der Waals surface area contributed by atoms with Gasteiger partial charge in [-0.15, -0.1) is 0 Å². The van der Waals surface area contributed by atoms with E-state index in [4.69, 9.17) is 0 Å². The molecule has 2 aromatic heterocycles. The van der Waals surface area contributed by atoms with Crippen molar-refractivity contribution in [3.05, 3.63) is 76.3 Å². The molecule has 0 fully saturated rings.